The first-order valence-electron chi connectivity index (χ1n) is 8.38. The monoisotopic (exact) mass is 356 g/mol. The van der Waals surface area contributed by atoms with Crippen LogP contribution in [-0.2, 0) is 6.54 Å². The van der Waals surface area contributed by atoms with Gasteiger partial charge in [0.15, 0.2) is 5.69 Å². The van der Waals surface area contributed by atoms with Crippen molar-refractivity contribution in [2.45, 2.75) is 26.8 Å². The van der Waals surface area contributed by atoms with Gasteiger partial charge in [0.2, 0.25) is 0 Å². The van der Waals surface area contributed by atoms with Crippen molar-refractivity contribution in [3.63, 3.8) is 0 Å². The first-order chi connectivity index (χ1) is 12.5. The highest BCUT2D eigenvalue weighted by Crippen LogP contribution is 2.15. The molecule has 0 saturated carbocycles. The number of hydrogen-bond acceptors (Lipinski definition) is 4. The van der Waals surface area contributed by atoms with Crippen molar-refractivity contribution < 1.29 is 9.18 Å². The van der Waals surface area contributed by atoms with Crippen molar-refractivity contribution in [3.8, 4) is 5.69 Å². The minimum Gasteiger partial charge on any atom is -0.340 e. The van der Waals surface area contributed by atoms with Gasteiger partial charge in [-0.25, -0.2) is 14.1 Å². The lowest BCUT2D eigenvalue weighted by atomic mass is 10.2. The van der Waals surface area contributed by atoms with Crippen LogP contribution in [0.25, 0.3) is 5.69 Å². The molecule has 0 aliphatic heterocycles. The van der Waals surface area contributed by atoms with E-state index in [1.165, 1.54) is 16.8 Å². The van der Waals surface area contributed by atoms with E-state index in [1.807, 2.05) is 17.7 Å². The molecule has 0 N–H and O–H groups in total. The van der Waals surface area contributed by atoms with E-state index >= 15 is 0 Å². The third kappa shape index (κ3) is 3.79. The molecule has 2 aromatic heterocycles. The number of nitrogens with zero attached hydrogens (tertiary/aromatic N) is 6. The molecule has 1 aromatic carbocycles. The Labute approximate surface area is 151 Å². The summed E-state index contributed by atoms with van der Waals surface area (Å²) in [6.45, 7) is 5.13. The molecule has 7 nitrogen and oxygen atoms in total. The molecule has 0 radical (unpaired) electrons. The average Bonchev–Trinajstić information content (AvgIpc) is 3.24. The summed E-state index contributed by atoms with van der Waals surface area (Å²) in [5.41, 5.74) is 1.67. The zero-order valence-corrected chi connectivity index (χ0v) is 15.1. The van der Waals surface area contributed by atoms with E-state index in [0.717, 1.165) is 24.4 Å². The number of imidazole rings is 1. The normalized spacial score (nSPS) is 10.9. The van der Waals surface area contributed by atoms with Crippen molar-refractivity contribution in [1.82, 2.24) is 29.4 Å². The minimum atomic E-state index is -0.310. The Hall–Kier alpha value is -3.03. The van der Waals surface area contributed by atoms with E-state index in [4.69, 9.17) is 0 Å². The van der Waals surface area contributed by atoms with Gasteiger partial charge in [0.05, 0.1) is 11.9 Å². The van der Waals surface area contributed by atoms with Gasteiger partial charge in [-0.1, -0.05) is 5.21 Å². The maximum Gasteiger partial charge on any atom is 0.275 e. The summed E-state index contributed by atoms with van der Waals surface area (Å²) < 4.78 is 16.8. The number of carbonyl (C=O) groups excluding carboxylic acids is 1. The molecule has 136 valence electrons. The molecule has 3 rings (SSSR count). The maximum atomic E-state index is 13.2. The molecule has 0 bridgehead atoms. The second kappa shape index (κ2) is 7.47. The Kier molecular flexibility index (Phi) is 5.11. The third-order valence-corrected chi connectivity index (χ3v) is 4.28. The number of aromatic nitrogens is 5. The minimum absolute atomic E-state index is 0.196. The predicted octanol–water partition coefficient (Wildman–Crippen LogP) is 2.38. The topological polar surface area (TPSA) is 68.8 Å². The Morgan fingerprint density at radius 1 is 1.31 bits per heavy atom. The molecule has 0 atom stereocenters. The van der Waals surface area contributed by atoms with Gasteiger partial charge >= 0.3 is 0 Å². The van der Waals surface area contributed by atoms with E-state index in [0.29, 0.717) is 12.2 Å². The highest BCUT2D eigenvalue weighted by molar-refractivity contribution is 5.91. The first kappa shape index (κ1) is 17.8. The molecule has 0 aliphatic rings. The lowest BCUT2D eigenvalue weighted by Gasteiger charge is -2.15. The summed E-state index contributed by atoms with van der Waals surface area (Å²) in [6.07, 6.45) is 6.07. The number of amides is 1. The van der Waals surface area contributed by atoms with E-state index in [2.05, 4.69) is 15.3 Å². The van der Waals surface area contributed by atoms with E-state index in [-0.39, 0.29) is 17.4 Å². The second-order valence-corrected chi connectivity index (χ2v) is 6.23. The van der Waals surface area contributed by atoms with Gasteiger partial charge in [0, 0.05) is 32.5 Å². The van der Waals surface area contributed by atoms with E-state index in [1.54, 1.807) is 37.3 Å². The maximum absolute atomic E-state index is 13.2. The molecule has 0 aliphatic carbocycles. The second-order valence-electron chi connectivity index (χ2n) is 6.23. The van der Waals surface area contributed by atoms with Gasteiger partial charge in [-0.2, -0.15) is 0 Å². The van der Waals surface area contributed by atoms with Crippen LogP contribution in [0.5, 0.6) is 0 Å². The molecule has 26 heavy (non-hydrogen) atoms. The van der Waals surface area contributed by atoms with Crippen LogP contribution in [0.4, 0.5) is 4.39 Å². The highest BCUT2D eigenvalue weighted by Gasteiger charge is 2.16. The Bertz CT molecular complexity index is 916. The quantitative estimate of drug-likeness (QED) is 0.680. The van der Waals surface area contributed by atoms with Gasteiger partial charge in [-0.05, 0) is 44.0 Å². The predicted molar refractivity (Wildman–Crippen MR) is 94.6 cm³/mol. The van der Waals surface area contributed by atoms with Gasteiger partial charge in [0.25, 0.3) is 5.91 Å². The van der Waals surface area contributed by atoms with Crippen molar-refractivity contribution >= 4 is 5.91 Å². The number of aryl methyl sites for hydroxylation is 3. The van der Waals surface area contributed by atoms with E-state index in [9.17, 15) is 9.18 Å². The average molecular weight is 356 g/mol. The van der Waals surface area contributed by atoms with Crippen molar-refractivity contribution in [3.05, 3.63) is 59.7 Å². The Balaban J connectivity index is 1.62. The molecule has 0 spiro atoms. The SMILES string of the molecule is Cc1cc(F)ccc1-n1cc(C(=O)N(C)CCCn2ccnc2C)nn1. The lowest BCUT2D eigenvalue weighted by molar-refractivity contribution is 0.0786. The molecule has 8 heteroatoms. The van der Waals surface area contributed by atoms with Crippen LogP contribution in [0, 0.1) is 19.7 Å². The van der Waals surface area contributed by atoms with Crippen molar-refractivity contribution in [1.29, 1.82) is 0 Å². The Morgan fingerprint density at radius 3 is 2.81 bits per heavy atom. The smallest absolute Gasteiger partial charge is 0.275 e. The van der Waals surface area contributed by atoms with Gasteiger partial charge in [0.1, 0.15) is 11.6 Å². The van der Waals surface area contributed by atoms with Crippen LogP contribution < -0.4 is 0 Å². The number of halogens is 1. The fourth-order valence-electron chi connectivity index (χ4n) is 2.77. The summed E-state index contributed by atoms with van der Waals surface area (Å²) >= 11 is 0. The molecule has 0 saturated heterocycles. The zero-order valence-electron chi connectivity index (χ0n) is 15.1. The van der Waals surface area contributed by atoms with Crippen LogP contribution in [0.15, 0.2) is 36.8 Å². The molecular weight excluding hydrogens is 335 g/mol. The van der Waals surface area contributed by atoms with E-state index < -0.39 is 0 Å². The summed E-state index contributed by atoms with van der Waals surface area (Å²) in [5, 5.41) is 7.96. The molecular formula is C18H21FN6O. The number of hydrogen-bond donors (Lipinski definition) is 0. The van der Waals surface area contributed by atoms with Gasteiger partial charge in [-0.15, -0.1) is 5.10 Å². The molecule has 0 unspecified atom stereocenters. The zero-order chi connectivity index (χ0) is 18.7. The first-order valence-corrected chi connectivity index (χ1v) is 8.38. The molecule has 1 amide bonds. The number of rotatable bonds is 6. The molecule has 3 aromatic rings. The standard InChI is InChI=1S/C18H21FN6O/c1-13-11-15(19)5-6-17(13)25-12-16(21-22-25)18(26)23(3)8-4-9-24-10-7-20-14(24)2/h5-7,10-12H,4,8-9H2,1-3H3. The van der Waals surface area contributed by atoms with Gasteiger partial charge in [-0.3, -0.25) is 4.79 Å². The fourth-order valence-corrected chi connectivity index (χ4v) is 2.77. The lowest BCUT2D eigenvalue weighted by Crippen LogP contribution is -2.28. The molecule has 0 fully saturated rings. The summed E-state index contributed by atoms with van der Waals surface area (Å²) in [6, 6.07) is 4.39. The third-order valence-electron chi connectivity index (χ3n) is 4.28. The number of carbonyl (C=O) groups is 1. The Morgan fingerprint density at radius 2 is 2.12 bits per heavy atom. The fraction of sp³-hybridized carbons (Fsp3) is 0.333. The summed E-state index contributed by atoms with van der Waals surface area (Å²) in [7, 11) is 1.74. The highest BCUT2D eigenvalue weighted by atomic mass is 19.1. The van der Waals surface area contributed by atoms with Crippen LogP contribution in [-0.4, -0.2) is 48.9 Å². The van der Waals surface area contributed by atoms with Crippen LogP contribution >= 0.6 is 0 Å². The van der Waals surface area contributed by atoms with Crippen LogP contribution in [0.2, 0.25) is 0 Å². The van der Waals surface area contributed by atoms with Crippen molar-refractivity contribution in [2.24, 2.45) is 0 Å². The number of benzene rings is 1. The van der Waals surface area contributed by atoms with Gasteiger partial charge < -0.3 is 9.47 Å². The largest absolute Gasteiger partial charge is 0.340 e. The molecule has 2 heterocycles. The van der Waals surface area contributed by atoms with Crippen molar-refractivity contribution in [2.75, 3.05) is 13.6 Å². The summed E-state index contributed by atoms with van der Waals surface area (Å²) in [4.78, 5) is 18.3. The summed E-state index contributed by atoms with van der Waals surface area (Å²) in [5.74, 6) is 0.450. The van der Waals surface area contributed by atoms with Crippen LogP contribution in [0.1, 0.15) is 28.3 Å². The van der Waals surface area contributed by atoms with Crippen LogP contribution in [0.3, 0.4) is 0 Å².